The Bertz CT molecular complexity index is 463. The average Bonchev–Trinajstić information content (AvgIpc) is 2.94. The van der Waals surface area contributed by atoms with E-state index in [0.717, 1.165) is 12.1 Å². The molecule has 3 heteroatoms. The first-order valence-electron chi connectivity index (χ1n) is 7.09. The lowest BCUT2D eigenvalue weighted by Gasteiger charge is -2.34. The highest BCUT2D eigenvalue weighted by Gasteiger charge is 2.31. The van der Waals surface area contributed by atoms with E-state index in [1.165, 1.54) is 24.8 Å². The second kappa shape index (κ2) is 6.18. The summed E-state index contributed by atoms with van der Waals surface area (Å²) in [6.07, 6.45) is 3.76. The molecule has 3 unspecified atom stereocenters. The molecule has 102 valence electrons. The van der Waals surface area contributed by atoms with Crippen molar-refractivity contribution in [3.05, 3.63) is 35.4 Å². The molecule has 0 amide bonds. The highest BCUT2D eigenvalue weighted by Crippen LogP contribution is 2.33. The van der Waals surface area contributed by atoms with Crippen LogP contribution in [0.4, 0.5) is 0 Å². The van der Waals surface area contributed by atoms with Crippen LogP contribution in [0.25, 0.3) is 0 Å². The maximum atomic E-state index is 8.99. The van der Waals surface area contributed by atoms with Crippen molar-refractivity contribution in [2.24, 2.45) is 11.7 Å². The Kier molecular flexibility index (Phi) is 4.57. The Morgan fingerprint density at radius 3 is 2.95 bits per heavy atom. The summed E-state index contributed by atoms with van der Waals surface area (Å²) >= 11 is 0. The SMILES string of the molecule is CC(c1cccc(C#N)c1)N(C)C1CCCC1CN. The van der Waals surface area contributed by atoms with Gasteiger partial charge in [0.05, 0.1) is 11.6 Å². The van der Waals surface area contributed by atoms with Crippen molar-refractivity contribution >= 4 is 0 Å². The average molecular weight is 257 g/mol. The molecule has 1 saturated carbocycles. The van der Waals surface area contributed by atoms with Gasteiger partial charge in [0.1, 0.15) is 0 Å². The monoisotopic (exact) mass is 257 g/mol. The third kappa shape index (κ3) is 2.97. The van der Waals surface area contributed by atoms with Gasteiger partial charge in [-0.2, -0.15) is 5.26 Å². The van der Waals surface area contributed by atoms with E-state index < -0.39 is 0 Å². The van der Waals surface area contributed by atoms with E-state index in [4.69, 9.17) is 11.0 Å². The van der Waals surface area contributed by atoms with Gasteiger partial charge in [-0.15, -0.1) is 0 Å². The van der Waals surface area contributed by atoms with Crippen molar-refractivity contribution in [1.82, 2.24) is 4.90 Å². The molecule has 0 saturated heterocycles. The summed E-state index contributed by atoms with van der Waals surface area (Å²) in [7, 11) is 2.18. The van der Waals surface area contributed by atoms with Gasteiger partial charge in [-0.05, 0) is 57.0 Å². The maximum absolute atomic E-state index is 8.99. The fourth-order valence-electron chi connectivity index (χ4n) is 3.22. The van der Waals surface area contributed by atoms with E-state index >= 15 is 0 Å². The molecule has 19 heavy (non-hydrogen) atoms. The van der Waals surface area contributed by atoms with Crippen molar-refractivity contribution < 1.29 is 0 Å². The van der Waals surface area contributed by atoms with Gasteiger partial charge in [-0.25, -0.2) is 0 Å². The Hall–Kier alpha value is -1.37. The van der Waals surface area contributed by atoms with Gasteiger partial charge < -0.3 is 5.73 Å². The van der Waals surface area contributed by atoms with Gasteiger partial charge in [0.15, 0.2) is 0 Å². The van der Waals surface area contributed by atoms with Crippen molar-refractivity contribution in [2.75, 3.05) is 13.6 Å². The molecule has 0 radical (unpaired) electrons. The zero-order valence-electron chi connectivity index (χ0n) is 11.8. The molecule has 0 spiro atoms. The largest absolute Gasteiger partial charge is 0.330 e. The Labute approximate surface area is 116 Å². The van der Waals surface area contributed by atoms with Gasteiger partial charge >= 0.3 is 0 Å². The van der Waals surface area contributed by atoms with Crippen LogP contribution in [0.2, 0.25) is 0 Å². The van der Waals surface area contributed by atoms with E-state index in [0.29, 0.717) is 18.0 Å². The molecule has 1 aliphatic carbocycles. The number of benzene rings is 1. The summed E-state index contributed by atoms with van der Waals surface area (Å²) in [4.78, 5) is 2.43. The predicted molar refractivity (Wildman–Crippen MR) is 77.5 cm³/mol. The molecule has 3 nitrogen and oxygen atoms in total. The second-order valence-corrected chi connectivity index (χ2v) is 5.57. The maximum Gasteiger partial charge on any atom is 0.0991 e. The third-order valence-corrected chi connectivity index (χ3v) is 4.55. The molecule has 0 aliphatic heterocycles. The highest BCUT2D eigenvalue weighted by molar-refractivity contribution is 5.34. The van der Waals surface area contributed by atoms with Crippen LogP contribution in [0.5, 0.6) is 0 Å². The molecule has 1 fully saturated rings. The molecule has 1 aromatic rings. The topological polar surface area (TPSA) is 53.0 Å². The summed E-state index contributed by atoms with van der Waals surface area (Å²) in [6.45, 7) is 2.99. The molecule has 3 atom stereocenters. The Balaban J connectivity index is 2.14. The molecule has 2 rings (SSSR count). The molecular weight excluding hydrogens is 234 g/mol. The zero-order valence-corrected chi connectivity index (χ0v) is 11.8. The first-order chi connectivity index (χ1) is 9.17. The van der Waals surface area contributed by atoms with E-state index in [-0.39, 0.29) is 0 Å². The second-order valence-electron chi connectivity index (χ2n) is 5.57. The summed E-state index contributed by atoms with van der Waals surface area (Å²) in [5, 5.41) is 8.99. The first kappa shape index (κ1) is 14.0. The van der Waals surface area contributed by atoms with Crippen LogP contribution in [0.1, 0.15) is 43.4 Å². The molecule has 1 aromatic carbocycles. The lowest BCUT2D eigenvalue weighted by Crippen LogP contribution is -2.39. The van der Waals surface area contributed by atoms with Gasteiger partial charge in [-0.1, -0.05) is 18.6 Å². The molecule has 0 heterocycles. The van der Waals surface area contributed by atoms with Crippen molar-refractivity contribution in [2.45, 2.75) is 38.3 Å². The van der Waals surface area contributed by atoms with Crippen LogP contribution < -0.4 is 5.73 Å². The Morgan fingerprint density at radius 1 is 1.47 bits per heavy atom. The fourth-order valence-corrected chi connectivity index (χ4v) is 3.22. The molecule has 0 bridgehead atoms. The molecule has 0 aromatic heterocycles. The standard InChI is InChI=1S/C16H23N3/c1-12(14-6-3-5-13(9-14)10-17)19(2)16-8-4-7-15(16)11-18/h3,5-6,9,12,15-16H,4,7-8,11,18H2,1-2H3. The molecule has 1 aliphatic rings. The lowest BCUT2D eigenvalue weighted by atomic mass is 9.98. The van der Waals surface area contributed by atoms with Gasteiger partial charge in [-0.3, -0.25) is 4.90 Å². The number of nitrogens with two attached hydrogens (primary N) is 1. The lowest BCUT2D eigenvalue weighted by molar-refractivity contribution is 0.152. The van der Waals surface area contributed by atoms with Gasteiger partial charge in [0, 0.05) is 12.1 Å². The van der Waals surface area contributed by atoms with Crippen LogP contribution in [-0.2, 0) is 0 Å². The van der Waals surface area contributed by atoms with Crippen LogP contribution in [0.3, 0.4) is 0 Å². The zero-order chi connectivity index (χ0) is 13.8. The van der Waals surface area contributed by atoms with Crippen molar-refractivity contribution in [3.63, 3.8) is 0 Å². The fraction of sp³-hybridized carbons (Fsp3) is 0.562. The number of nitriles is 1. The van der Waals surface area contributed by atoms with E-state index in [2.05, 4.69) is 31.0 Å². The van der Waals surface area contributed by atoms with E-state index in [1.807, 2.05) is 18.2 Å². The number of hydrogen-bond acceptors (Lipinski definition) is 3. The van der Waals surface area contributed by atoms with Crippen molar-refractivity contribution in [1.29, 1.82) is 5.26 Å². The predicted octanol–water partition coefficient (Wildman–Crippen LogP) is 2.68. The molecular formula is C16H23N3. The highest BCUT2D eigenvalue weighted by atomic mass is 15.2. The first-order valence-corrected chi connectivity index (χ1v) is 7.09. The smallest absolute Gasteiger partial charge is 0.0991 e. The summed E-state index contributed by atoms with van der Waals surface area (Å²) in [5.74, 6) is 0.617. The number of nitrogens with zero attached hydrogens (tertiary/aromatic N) is 2. The van der Waals surface area contributed by atoms with Crippen LogP contribution in [0, 0.1) is 17.2 Å². The summed E-state index contributed by atoms with van der Waals surface area (Å²) < 4.78 is 0. The van der Waals surface area contributed by atoms with Gasteiger partial charge in [0.25, 0.3) is 0 Å². The number of hydrogen-bond donors (Lipinski definition) is 1. The molecule has 2 N–H and O–H groups in total. The van der Waals surface area contributed by atoms with Crippen molar-refractivity contribution in [3.8, 4) is 6.07 Å². The minimum atomic E-state index is 0.324. The van der Waals surface area contributed by atoms with E-state index in [1.54, 1.807) is 0 Å². The quantitative estimate of drug-likeness (QED) is 0.902. The van der Waals surface area contributed by atoms with Gasteiger partial charge in [0.2, 0.25) is 0 Å². The summed E-state index contributed by atoms with van der Waals surface area (Å²) in [6, 6.07) is 11.0. The number of rotatable bonds is 4. The van der Waals surface area contributed by atoms with E-state index in [9.17, 15) is 0 Å². The van der Waals surface area contributed by atoms with Crippen LogP contribution >= 0.6 is 0 Å². The minimum Gasteiger partial charge on any atom is -0.330 e. The third-order valence-electron chi connectivity index (χ3n) is 4.55. The van der Waals surface area contributed by atoms with Crippen LogP contribution in [-0.4, -0.2) is 24.5 Å². The normalized spacial score (nSPS) is 24.4. The summed E-state index contributed by atoms with van der Waals surface area (Å²) in [5.41, 5.74) is 7.82. The minimum absolute atomic E-state index is 0.324. The van der Waals surface area contributed by atoms with Crippen LogP contribution in [0.15, 0.2) is 24.3 Å². The Morgan fingerprint density at radius 2 is 2.26 bits per heavy atom.